The summed E-state index contributed by atoms with van der Waals surface area (Å²) in [6.07, 6.45) is 8.58. The Hall–Kier alpha value is -4.89. The molecule has 0 atom stereocenters. The molecule has 1 heterocycles. The van der Waals surface area contributed by atoms with Crippen LogP contribution in [0.2, 0.25) is 0 Å². The second-order valence-electron chi connectivity index (χ2n) is 8.75. The van der Waals surface area contributed by atoms with E-state index in [2.05, 4.69) is 78.3 Å². The molecule has 3 nitrogen and oxygen atoms in total. The summed E-state index contributed by atoms with van der Waals surface area (Å²) in [5.74, 6) is 3.31. The number of para-hydroxylation sites is 2. The summed E-state index contributed by atoms with van der Waals surface area (Å²) in [4.78, 5) is 0. The van der Waals surface area contributed by atoms with Crippen molar-refractivity contribution in [2.24, 2.45) is 0 Å². The standard InChI is InChI=1S/C35H30NO2/c1-2-36-30(22-16-28-18-24-34(25-19-28)37-32-12-5-3-6-13-32)10-9-11-31(36)23-17-29-20-26-35(27-21-29)38-33-14-7-4-8-15-33/h3-27H,2H2,1H3/q+1/b22-16+,23-17+. The normalized spacial score (nSPS) is 11.2. The summed E-state index contributed by atoms with van der Waals surface area (Å²) in [7, 11) is 0. The number of benzene rings is 4. The zero-order valence-electron chi connectivity index (χ0n) is 21.4. The lowest BCUT2D eigenvalue weighted by molar-refractivity contribution is -0.696. The first-order valence-corrected chi connectivity index (χ1v) is 12.8. The maximum atomic E-state index is 5.90. The molecule has 0 saturated carbocycles. The molecule has 0 aliphatic heterocycles. The van der Waals surface area contributed by atoms with Gasteiger partial charge in [0.15, 0.2) is 0 Å². The molecule has 38 heavy (non-hydrogen) atoms. The Kier molecular flexibility index (Phi) is 8.07. The van der Waals surface area contributed by atoms with Crippen LogP contribution in [-0.4, -0.2) is 0 Å². The maximum absolute atomic E-state index is 5.90. The Bertz CT molecular complexity index is 1390. The summed E-state index contributed by atoms with van der Waals surface area (Å²) in [5.41, 5.74) is 4.52. The quantitative estimate of drug-likeness (QED) is 0.190. The second-order valence-corrected chi connectivity index (χ2v) is 8.75. The Labute approximate surface area is 224 Å². The van der Waals surface area contributed by atoms with Gasteiger partial charge in [-0.25, -0.2) is 0 Å². The first-order valence-electron chi connectivity index (χ1n) is 12.8. The molecule has 0 bridgehead atoms. The van der Waals surface area contributed by atoms with Crippen molar-refractivity contribution in [1.82, 2.24) is 0 Å². The van der Waals surface area contributed by atoms with Gasteiger partial charge in [0.25, 0.3) is 0 Å². The number of ether oxygens (including phenoxy) is 2. The van der Waals surface area contributed by atoms with E-state index >= 15 is 0 Å². The molecule has 0 spiro atoms. The summed E-state index contributed by atoms with van der Waals surface area (Å²) in [6.45, 7) is 3.04. The fourth-order valence-corrected chi connectivity index (χ4v) is 4.14. The second kappa shape index (κ2) is 12.4. The highest BCUT2D eigenvalue weighted by molar-refractivity contribution is 5.69. The number of aromatic nitrogens is 1. The molecule has 0 fully saturated rings. The van der Waals surface area contributed by atoms with E-state index in [-0.39, 0.29) is 0 Å². The van der Waals surface area contributed by atoms with Gasteiger partial charge in [0.2, 0.25) is 11.4 Å². The average Bonchev–Trinajstić information content (AvgIpc) is 2.97. The van der Waals surface area contributed by atoms with Crippen LogP contribution in [0.3, 0.4) is 0 Å². The molecule has 0 unspecified atom stereocenters. The Morgan fingerprint density at radius 1 is 0.447 bits per heavy atom. The van der Waals surface area contributed by atoms with Gasteiger partial charge in [0.1, 0.15) is 29.5 Å². The number of hydrogen-bond donors (Lipinski definition) is 0. The van der Waals surface area contributed by atoms with Gasteiger partial charge < -0.3 is 9.47 Å². The van der Waals surface area contributed by atoms with Crippen LogP contribution in [0.5, 0.6) is 23.0 Å². The fraction of sp³-hybridized carbons (Fsp3) is 0.0571. The first kappa shape index (κ1) is 24.8. The fourth-order valence-electron chi connectivity index (χ4n) is 4.14. The van der Waals surface area contributed by atoms with Crippen molar-refractivity contribution >= 4 is 24.3 Å². The van der Waals surface area contributed by atoms with Crippen LogP contribution in [0.25, 0.3) is 24.3 Å². The van der Waals surface area contributed by atoms with Crippen LogP contribution in [0, 0.1) is 0 Å². The van der Waals surface area contributed by atoms with E-state index in [0.29, 0.717) is 0 Å². The lowest BCUT2D eigenvalue weighted by atomic mass is 10.1. The highest BCUT2D eigenvalue weighted by Crippen LogP contribution is 2.23. The van der Waals surface area contributed by atoms with E-state index in [1.54, 1.807) is 0 Å². The third kappa shape index (κ3) is 6.65. The molecule has 0 amide bonds. The Balaban J connectivity index is 1.26. The van der Waals surface area contributed by atoms with Gasteiger partial charge in [-0.15, -0.1) is 0 Å². The van der Waals surface area contributed by atoms with Crippen molar-refractivity contribution < 1.29 is 14.0 Å². The van der Waals surface area contributed by atoms with Gasteiger partial charge in [0.05, 0.1) is 0 Å². The van der Waals surface area contributed by atoms with Crippen molar-refractivity contribution in [2.45, 2.75) is 13.5 Å². The zero-order valence-corrected chi connectivity index (χ0v) is 21.4. The minimum absolute atomic E-state index is 0.823. The predicted molar refractivity (Wildman–Crippen MR) is 156 cm³/mol. The van der Waals surface area contributed by atoms with E-state index in [0.717, 1.165) is 52.1 Å². The van der Waals surface area contributed by atoms with Crippen molar-refractivity contribution in [3.63, 3.8) is 0 Å². The number of hydrogen-bond acceptors (Lipinski definition) is 2. The van der Waals surface area contributed by atoms with E-state index in [1.807, 2.05) is 84.9 Å². The van der Waals surface area contributed by atoms with Gasteiger partial charge in [-0.3, -0.25) is 0 Å². The SMILES string of the molecule is CC[n+]1c(/C=C/c2ccc(Oc3ccccc3)cc2)cccc1/C=C/c1ccc(Oc2ccccc2)cc1. The van der Waals surface area contributed by atoms with Gasteiger partial charge in [-0.2, -0.15) is 4.57 Å². The summed E-state index contributed by atoms with van der Waals surface area (Å²) >= 11 is 0. The smallest absolute Gasteiger partial charge is 0.205 e. The molecular formula is C35H30NO2+. The van der Waals surface area contributed by atoms with Gasteiger partial charge in [0, 0.05) is 24.3 Å². The molecular weight excluding hydrogens is 466 g/mol. The largest absolute Gasteiger partial charge is 0.457 e. The van der Waals surface area contributed by atoms with Crippen LogP contribution < -0.4 is 14.0 Å². The molecule has 4 aromatic carbocycles. The average molecular weight is 497 g/mol. The van der Waals surface area contributed by atoms with Crippen LogP contribution in [-0.2, 0) is 6.54 Å². The number of pyridine rings is 1. The molecule has 0 N–H and O–H groups in total. The lowest BCUT2D eigenvalue weighted by Crippen LogP contribution is -2.38. The van der Waals surface area contributed by atoms with E-state index < -0.39 is 0 Å². The minimum Gasteiger partial charge on any atom is -0.457 e. The van der Waals surface area contributed by atoms with Crippen molar-refractivity contribution in [3.05, 3.63) is 150 Å². The molecule has 0 aliphatic rings. The number of rotatable bonds is 9. The monoisotopic (exact) mass is 496 g/mol. The third-order valence-electron chi connectivity index (χ3n) is 6.08. The highest BCUT2D eigenvalue weighted by Gasteiger charge is 2.10. The molecule has 0 saturated heterocycles. The van der Waals surface area contributed by atoms with Gasteiger partial charge in [-0.1, -0.05) is 60.7 Å². The van der Waals surface area contributed by atoms with Crippen LogP contribution in [0.4, 0.5) is 0 Å². The molecule has 1 aromatic heterocycles. The van der Waals surface area contributed by atoms with Crippen molar-refractivity contribution in [2.75, 3.05) is 0 Å². The third-order valence-corrected chi connectivity index (χ3v) is 6.08. The zero-order chi connectivity index (χ0) is 26.0. The molecule has 0 aliphatic carbocycles. The lowest BCUT2D eigenvalue weighted by Gasteiger charge is -2.06. The van der Waals surface area contributed by atoms with E-state index in [1.165, 1.54) is 0 Å². The maximum Gasteiger partial charge on any atom is 0.205 e. The van der Waals surface area contributed by atoms with E-state index in [9.17, 15) is 0 Å². The Morgan fingerprint density at radius 2 is 0.842 bits per heavy atom. The van der Waals surface area contributed by atoms with Crippen LogP contribution in [0.1, 0.15) is 29.4 Å². The number of nitrogens with zero attached hydrogens (tertiary/aromatic N) is 1. The molecule has 0 radical (unpaired) electrons. The predicted octanol–water partition coefficient (Wildman–Crippen LogP) is 8.92. The minimum atomic E-state index is 0.823. The summed E-state index contributed by atoms with van der Waals surface area (Å²) in [6, 6.07) is 42.3. The molecule has 3 heteroatoms. The van der Waals surface area contributed by atoms with Crippen molar-refractivity contribution in [1.29, 1.82) is 0 Å². The Morgan fingerprint density at radius 3 is 1.24 bits per heavy atom. The summed E-state index contributed by atoms with van der Waals surface area (Å²) < 4.78 is 14.1. The van der Waals surface area contributed by atoms with Crippen LogP contribution >= 0.6 is 0 Å². The molecule has 5 aromatic rings. The molecule has 5 rings (SSSR count). The first-order chi connectivity index (χ1) is 18.8. The summed E-state index contributed by atoms with van der Waals surface area (Å²) in [5, 5.41) is 0. The van der Waals surface area contributed by atoms with Crippen LogP contribution in [0.15, 0.2) is 127 Å². The highest BCUT2D eigenvalue weighted by atomic mass is 16.5. The topological polar surface area (TPSA) is 22.3 Å². The van der Waals surface area contributed by atoms with Gasteiger partial charge >= 0.3 is 0 Å². The van der Waals surface area contributed by atoms with E-state index in [4.69, 9.17) is 9.47 Å². The van der Waals surface area contributed by atoms with Crippen molar-refractivity contribution in [3.8, 4) is 23.0 Å². The molecule has 186 valence electrons. The van der Waals surface area contributed by atoms with Gasteiger partial charge in [-0.05, 0) is 84.8 Å².